The molecule has 0 aliphatic carbocycles. The molecule has 5 rings (SSSR count). The number of carbonyl (C=O) groups excluding carboxylic acids is 2. The van der Waals surface area contributed by atoms with E-state index in [1.807, 2.05) is 0 Å². The van der Waals surface area contributed by atoms with Crippen LogP contribution in [0, 0.1) is 0 Å². The summed E-state index contributed by atoms with van der Waals surface area (Å²) in [4.78, 5) is 43.0. The van der Waals surface area contributed by atoms with E-state index in [0.717, 1.165) is 24.0 Å². The number of β-lactam (4-membered cyclic amide) rings is 1. The summed E-state index contributed by atoms with van der Waals surface area (Å²) in [6.07, 6.45) is 3.24. The summed E-state index contributed by atoms with van der Waals surface area (Å²) in [7, 11) is 1.06. The summed E-state index contributed by atoms with van der Waals surface area (Å²) in [5.74, 6) is 1.44. The van der Waals surface area contributed by atoms with Gasteiger partial charge in [0, 0.05) is 17.0 Å². The molecular weight excluding hydrogens is 531 g/mol. The predicted octanol–water partition coefficient (Wildman–Crippen LogP) is -1.58. The number of nitrogens with two attached hydrogens (primary N) is 2. The number of halogens is 1. The van der Waals surface area contributed by atoms with Gasteiger partial charge in [0.2, 0.25) is 5.82 Å². The van der Waals surface area contributed by atoms with E-state index in [2.05, 4.69) is 25.8 Å². The molecule has 3 aliphatic heterocycles. The summed E-state index contributed by atoms with van der Waals surface area (Å²) < 4.78 is 18.3. The SMILES string of the molecule is CON=C(F)C(=O)NC1C(=O)N2C(C(=O)O)=C(C[n+]3ccc(N)n4nccc43)C(C3=CSN(N)N3)S[C@@H]12. The highest BCUT2D eigenvalue weighted by molar-refractivity contribution is 8.01. The van der Waals surface area contributed by atoms with E-state index < -0.39 is 40.4 Å². The Morgan fingerprint density at radius 3 is 2.89 bits per heavy atom. The summed E-state index contributed by atoms with van der Waals surface area (Å²) in [5, 5.41) is 19.8. The lowest BCUT2D eigenvalue weighted by atomic mass is 9.99. The Morgan fingerprint density at radius 1 is 1.43 bits per heavy atom. The topological polar surface area (TPSA) is 197 Å². The molecule has 2 aromatic heterocycles. The first-order valence-electron chi connectivity index (χ1n) is 10.5. The molecule has 0 radical (unpaired) electrons. The first kappa shape index (κ1) is 24.8. The lowest BCUT2D eigenvalue weighted by Crippen LogP contribution is -2.72. The van der Waals surface area contributed by atoms with Crippen LogP contribution >= 0.6 is 23.7 Å². The first-order valence-corrected chi connectivity index (χ1v) is 12.3. The highest BCUT2D eigenvalue weighted by Crippen LogP contribution is 2.47. The van der Waals surface area contributed by atoms with Crippen LogP contribution in [0.2, 0.25) is 0 Å². The molecule has 18 heteroatoms. The number of rotatable bonds is 7. The molecule has 2 amide bonds. The lowest BCUT2D eigenvalue weighted by Gasteiger charge is -2.51. The second-order valence-electron chi connectivity index (χ2n) is 7.90. The van der Waals surface area contributed by atoms with Crippen LogP contribution in [-0.4, -0.2) is 71.7 Å². The van der Waals surface area contributed by atoms with E-state index in [9.17, 15) is 23.9 Å². The standard InChI is InChI=1S/C19H19FN10O5S2/c1-35-26-15(20)16(31)24-12-17(32)28-13(19(33)34)8(14(37-18(12)28)9-7-36-30(22)25-9)6-27-5-3-10(21)29-11(27)2-4-23-29/h2-5,7,12,14,18,21,25H,6,22H2,1H3,(H2,24,31,33,34)/p+1/t12?,14?,18-/m0/s1. The number of aliphatic carboxylic acids is 1. The van der Waals surface area contributed by atoms with Crippen molar-refractivity contribution in [3.05, 3.63) is 46.9 Å². The highest BCUT2D eigenvalue weighted by atomic mass is 32.2. The average molecular weight is 552 g/mol. The van der Waals surface area contributed by atoms with Gasteiger partial charge in [-0.3, -0.25) is 19.9 Å². The van der Waals surface area contributed by atoms with Crippen molar-refractivity contribution < 1.29 is 33.3 Å². The van der Waals surface area contributed by atoms with Crippen molar-refractivity contribution in [2.75, 3.05) is 12.8 Å². The number of hydrazine groups is 2. The Balaban J connectivity index is 1.56. The van der Waals surface area contributed by atoms with Crippen molar-refractivity contribution in [1.29, 1.82) is 0 Å². The first-order chi connectivity index (χ1) is 17.7. The molecule has 3 atom stereocenters. The van der Waals surface area contributed by atoms with Crippen molar-refractivity contribution in [2.24, 2.45) is 11.0 Å². The number of aromatic nitrogens is 3. The maximum atomic E-state index is 13.8. The molecule has 37 heavy (non-hydrogen) atoms. The molecule has 15 nitrogen and oxygen atoms in total. The van der Waals surface area contributed by atoms with Gasteiger partial charge in [0.25, 0.3) is 5.91 Å². The fraction of sp³-hybridized carbons (Fsp3) is 0.263. The van der Waals surface area contributed by atoms with E-state index >= 15 is 0 Å². The monoisotopic (exact) mass is 551 g/mol. The summed E-state index contributed by atoms with van der Waals surface area (Å²) in [5.41, 5.74) is 10.2. The third-order valence-corrected chi connectivity index (χ3v) is 8.02. The molecule has 5 heterocycles. The van der Waals surface area contributed by atoms with Crippen molar-refractivity contribution in [1.82, 2.24) is 29.8 Å². The van der Waals surface area contributed by atoms with Crippen molar-refractivity contribution >= 4 is 58.9 Å². The minimum atomic E-state index is -1.47. The van der Waals surface area contributed by atoms with Gasteiger partial charge in [-0.2, -0.15) is 4.39 Å². The maximum absolute atomic E-state index is 13.8. The van der Waals surface area contributed by atoms with Gasteiger partial charge in [0.1, 0.15) is 30.8 Å². The molecule has 0 aromatic carbocycles. The summed E-state index contributed by atoms with van der Waals surface area (Å²) >= 11 is 2.36. The van der Waals surface area contributed by atoms with E-state index in [0.29, 0.717) is 22.7 Å². The Hall–Kier alpha value is -3.87. The maximum Gasteiger partial charge on any atom is 0.352 e. The van der Waals surface area contributed by atoms with Crippen LogP contribution in [0.5, 0.6) is 0 Å². The summed E-state index contributed by atoms with van der Waals surface area (Å²) in [6, 6.07) is 2.14. The number of amides is 2. The number of nitrogens with one attached hydrogen (secondary N) is 2. The largest absolute Gasteiger partial charge is 0.477 e. The zero-order chi connectivity index (χ0) is 26.4. The highest BCUT2D eigenvalue weighted by Gasteiger charge is 2.57. The van der Waals surface area contributed by atoms with Gasteiger partial charge in [0.05, 0.1) is 29.4 Å². The molecule has 1 fully saturated rings. The van der Waals surface area contributed by atoms with Gasteiger partial charge in [-0.1, -0.05) is 14.1 Å². The quantitative estimate of drug-likeness (QED) is 0.0663. The molecule has 3 aliphatic rings. The molecule has 2 unspecified atom stereocenters. The second kappa shape index (κ2) is 9.54. The molecule has 194 valence electrons. The minimum Gasteiger partial charge on any atom is -0.477 e. The smallest absolute Gasteiger partial charge is 0.352 e. The van der Waals surface area contributed by atoms with Crippen LogP contribution in [0.15, 0.2) is 52.1 Å². The summed E-state index contributed by atoms with van der Waals surface area (Å²) in [6.45, 7) is 0.0612. The minimum absolute atomic E-state index is 0.0612. The third-order valence-electron chi connectivity index (χ3n) is 5.77. The van der Waals surface area contributed by atoms with Gasteiger partial charge >= 0.3 is 23.5 Å². The van der Waals surface area contributed by atoms with Gasteiger partial charge < -0.3 is 21.0 Å². The molecule has 0 saturated carbocycles. The fourth-order valence-electron chi connectivity index (χ4n) is 4.21. The van der Waals surface area contributed by atoms with Crippen molar-refractivity contribution in [3.63, 3.8) is 0 Å². The number of nitrogens with zero attached hydrogens (tertiary/aromatic N) is 6. The van der Waals surface area contributed by atoms with Crippen LogP contribution < -0.4 is 26.9 Å². The van der Waals surface area contributed by atoms with Crippen LogP contribution in [0.25, 0.3) is 5.65 Å². The fourth-order valence-corrected chi connectivity index (χ4v) is 6.44. The molecule has 1 saturated heterocycles. The Labute approximate surface area is 216 Å². The van der Waals surface area contributed by atoms with E-state index in [1.54, 1.807) is 34.5 Å². The predicted molar refractivity (Wildman–Crippen MR) is 129 cm³/mol. The number of nitrogen functional groups attached to an aromatic ring is 1. The Morgan fingerprint density at radius 2 is 2.22 bits per heavy atom. The molecule has 0 bridgehead atoms. The van der Waals surface area contributed by atoms with Gasteiger partial charge in [0.15, 0.2) is 0 Å². The number of anilines is 1. The lowest BCUT2D eigenvalue weighted by molar-refractivity contribution is -0.666. The van der Waals surface area contributed by atoms with Crippen LogP contribution in [0.4, 0.5) is 10.2 Å². The van der Waals surface area contributed by atoms with Crippen LogP contribution in [-0.2, 0) is 25.8 Å². The number of thioether (sulfide) groups is 1. The zero-order valence-corrected chi connectivity index (χ0v) is 20.6. The van der Waals surface area contributed by atoms with E-state index in [4.69, 9.17) is 11.6 Å². The van der Waals surface area contributed by atoms with Crippen LogP contribution in [0.3, 0.4) is 0 Å². The molecule has 2 aromatic rings. The zero-order valence-electron chi connectivity index (χ0n) is 18.9. The third kappa shape index (κ3) is 4.22. The van der Waals surface area contributed by atoms with Gasteiger partial charge in [-0.25, -0.2) is 15.2 Å². The number of carboxylic acids is 1. The van der Waals surface area contributed by atoms with Gasteiger partial charge in [-0.05, 0) is 17.1 Å². The Bertz CT molecular complexity index is 1410. The number of hydrogen-bond donors (Lipinski definition) is 5. The number of oxime groups is 1. The molecular formula is C19H20FN10O5S2+. The normalized spacial score (nSPS) is 23.9. The second-order valence-corrected chi connectivity index (χ2v) is 9.96. The average Bonchev–Trinajstić information content (AvgIpc) is 3.53. The number of hydrogen-bond acceptors (Lipinski definition) is 12. The van der Waals surface area contributed by atoms with Crippen molar-refractivity contribution in [3.8, 4) is 0 Å². The molecule has 7 N–H and O–H groups in total. The van der Waals surface area contributed by atoms with Gasteiger partial charge in [-0.15, -0.1) is 11.8 Å². The van der Waals surface area contributed by atoms with E-state index in [-0.39, 0.29) is 12.2 Å². The number of fused-ring (bicyclic) bond motifs is 2. The Kier molecular flexibility index (Phi) is 6.40. The number of carboxylic acid groups (broad SMARTS) is 1. The van der Waals surface area contributed by atoms with E-state index in [1.165, 1.54) is 20.8 Å². The van der Waals surface area contributed by atoms with Crippen molar-refractivity contribution in [2.45, 2.75) is 23.2 Å². The number of carbonyl (C=O) groups is 3. The van der Waals surface area contributed by atoms with Crippen LogP contribution in [0.1, 0.15) is 0 Å². The molecule has 0 spiro atoms.